The summed E-state index contributed by atoms with van der Waals surface area (Å²) in [5.74, 6) is 0.346. The molecular weight excluding hydrogens is 270 g/mol. The van der Waals surface area contributed by atoms with Crippen molar-refractivity contribution in [2.75, 3.05) is 33.9 Å². The van der Waals surface area contributed by atoms with Crippen molar-refractivity contribution in [1.29, 1.82) is 0 Å². The lowest BCUT2D eigenvalue weighted by molar-refractivity contribution is -0.131. The van der Waals surface area contributed by atoms with Gasteiger partial charge in [-0.25, -0.2) is 0 Å². The minimum Gasteiger partial charge on any atom is -0.383 e. The summed E-state index contributed by atoms with van der Waals surface area (Å²) in [7, 11) is 3.33. The van der Waals surface area contributed by atoms with Crippen LogP contribution in [0.15, 0.2) is 0 Å². The molecule has 128 valence electrons. The molecule has 0 aromatic carbocycles. The van der Waals surface area contributed by atoms with Gasteiger partial charge in [0.2, 0.25) is 11.8 Å². The smallest absolute Gasteiger partial charge is 0.239 e. The number of methoxy groups -OCH3 is 1. The van der Waals surface area contributed by atoms with Crippen LogP contribution >= 0.6 is 0 Å². The first-order chi connectivity index (χ1) is 9.77. The van der Waals surface area contributed by atoms with Crippen molar-refractivity contribution in [3.63, 3.8) is 0 Å². The number of hydrogen-bond acceptors (Lipinski definition) is 4. The zero-order valence-corrected chi connectivity index (χ0v) is 14.2. The van der Waals surface area contributed by atoms with E-state index in [4.69, 9.17) is 4.74 Å². The topological polar surface area (TPSA) is 70.7 Å². The van der Waals surface area contributed by atoms with Crippen molar-refractivity contribution in [3.05, 3.63) is 0 Å². The van der Waals surface area contributed by atoms with Gasteiger partial charge in [0.1, 0.15) is 6.04 Å². The molecule has 0 spiro atoms. The second-order valence-electron chi connectivity index (χ2n) is 6.03. The van der Waals surface area contributed by atoms with Crippen molar-refractivity contribution >= 4 is 11.8 Å². The van der Waals surface area contributed by atoms with E-state index in [1.165, 1.54) is 0 Å². The Morgan fingerprint density at radius 2 is 1.86 bits per heavy atom. The van der Waals surface area contributed by atoms with Crippen LogP contribution in [0, 0.1) is 5.92 Å². The average Bonchev–Trinajstić information content (AvgIpc) is 2.36. The minimum atomic E-state index is -0.369. The van der Waals surface area contributed by atoms with Gasteiger partial charge in [0.15, 0.2) is 0 Å². The summed E-state index contributed by atoms with van der Waals surface area (Å²) in [5, 5.41) is 5.99. The summed E-state index contributed by atoms with van der Waals surface area (Å²) >= 11 is 0. The molecule has 0 aliphatic rings. The third-order valence-corrected chi connectivity index (χ3v) is 2.94. The Kier molecular flexibility index (Phi) is 9.99. The molecule has 21 heavy (non-hydrogen) atoms. The molecule has 2 amide bonds. The number of likely N-dealkylation sites (N-methyl/N-ethyl adjacent to an activating group) is 1. The molecule has 0 bridgehead atoms. The molecule has 0 fully saturated rings. The normalized spacial score (nSPS) is 12.6. The zero-order chi connectivity index (χ0) is 16.4. The Balaban J connectivity index is -0.00000200. The lowest BCUT2D eigenvalue weighted by Crippen LogP contribution is -2.50. The molecule has 2 N–H and O–H groups in total. The third kappa shape index (κ3) is 9.42. The lowest BCUT2D eigenvalue weighted by atomic mass is 10.1. The average molecular weight is 305 g/mol. The van der Waals surface area contributed by atoms with Crippen LogP contribution < -0.4 is 10.6 Å². The van der Waals surface area contributed by atoms with Gasteiger partial charge in [-0.2, -0.15) is 0 Å². The summed E-state index contributed by atoms with van der Waals surface area (Å²) in [6.45, 7) is 9.27. The molecule has 0 aromatic rings. The van der Waals surface area contributed by atoms with Crippen LogP contribution in [-0.4, -0.2) is 62.7 Å². The molecule has 0 radical (unpaired) electrons. The van der Waals surface area contributed by atoms with Crippen molar-refractivity contribution in [2.45, 2.75) is 46.2 Å². The largest absolute Gasteiger partial charge is 0.383 e. The second kappa shape index (κ2) is 10.6. The van der Waals surface area contributed by atoms with E-state index in [2.05, 4.69) is 10.6 Å². The van der Waals surface area contributed by atoms with Gasteiger partial charge in [-0.05, 0) is 5.92 Å². The highest BCUT2D eigenvalue weighted by atomic mass is 16.5. The molecule has 6 nitrogen and oxygen atoms in total. The summed E-state index contributed by atoms with van der Waals surface area (Å²) in [6.07, 6.45) is 0.533. The van der Waals surface area contributed by atoms with E-state index in [1.807, 2.05) is 27.7 Å². The SMILES string of the molecule is COC[C@H](NC(C)C)C(=O)NCCN(C)C(=O)CC(C)C.[HH].[HH]. The fourth-order valence-electron chi connectivity index (χ4n) is 1.87. The van der Waals surface area contributed by atoms with Gasteiger partial charge in [0.25, 0.3) is 0 Å². The molecule has 0 aromatic heterocycles. The van der Waals surface area contributed by atoms with Crippen molar-refractivity contribution in [3.8, 4) is 0 Å². The van der Waals surface area contributed by atoms with Crippen LogP contribution in [0.5, 0.6) is 0 Å². The number of nitrogens with one attached hydrogen (secondary N) is 2. The highest BCUT2D eigenvalue weighted by Crippen LogP contribution is 2.02. The fourth-order valence-corrected chi connectivity index (χ4v) is 1.87. The summed E-state index contributed by atoms with van der Waals surface area (Å²) in [6, 6.07) is -0.169. The van der Waals surface area contributed by atoms with E-state index in [1.54, 1.807) is 19.1 Å². The molecule has 0 unspecified atom stereocenters. The van der Waals surface area contributed by atoms with Gasteiger partial charge < -0.3 is 20.3 Å². The van der Waals surface area contributed by atoms with Gasteiger partial charge in [0, 0.05) is 42.6 Å². The van der Waals surface area contributed by atoms with Gasteiger partial charge in [-0.15, -0.1) is 0 Å². The molecular formula is C15H35N3O3. The molecule has 0 heterocycles. The maximum absolute atomic E-state index is 12.0. The highest BCUT2D eigenvalue weighted by molar-refractivity contribution is 5.82. The summed E-state index contributed by atoms with van der Waals surface area (Å²) in [4.78, 5) is 25.5. The van der Waals surface area contributed by atoms with Crippen molar-refractivity contribution < 1.29 is 17.2 Å². The first kappa shape index (κ1) is 19.9. The number of carbonyl (C=O) groups excluding carboxylic acids is 2. The maximum Gasteiger partial charge on any atom is 0.239 e. The third-order valence-electron chi connectivity index (χ3n) is 2.94. The number of carbonyl (C=O) groups is 2. The predicted molar refractivity (Wildman–Crippen MR) is 88.3 cm³/mol. The lowest BCUT2D eigenvalue weighted by Gasteiger charge is -2.22. The Bertz CT molecular complexity index is 329. The molecule has 0 aliphatic carbocycles. The second-order valence-corrected chi connectivity index (χ2v) is 6.03. The van der Waals surface area contributed by atoms with Crippen LogP contribution in [0.2, 0.25) is 0 Å². The van der Waals surface area contributed by atoms with Gasteiger partial charge in [-0.3, -0.25) is 9.59 Å². The Morgan fingerprint density at radius 1 is 1.24 bits per heavy atom. The quantitative estimate of drug-likeness (QED) is 0.634. The van der Waals surface area contributed by atoms with E-state index in [-0.39, 0.29) is 26.8 Å². The molecule has 1 atom stereocenters. The number of hydrogen-bond donors (Lipinski definition) is 2. The molecule has 0 saturated carbocycles. The highest BCUT2D eigenvalue weighted by Gasteiger charge is 2.19. The number of nitrogens with zero attached hydrogens (tertiary/aromatic N) is 1. The monoisotopic (exact) mass is 305 g/mol. The minimum absolute atomic E-state index is 0. The van der Waals surface area contributed by atoms with E-state index in [9.17, 15) is 9.59 Å². The zero-order valence-electron chi connectivity index (χ0n) is 14.2. The number of ether oxygens (including phenoxy) is 1. The van der Waals surface area contributed by atoms with Gasteiger partial charge in [0.05, 0.1) is 6.61 Å². The first-order valence-corrected chi connectivity index (χ1v) is 7.54. The van der Waals surface area contributed by atoms with Crippen molar-refractivity contribution in [2.24, 2.45) is 5.92 Å². The van der Waals surface area contributed by atoms with E-state index in [0.717, 1.165) is 0 Å². The number of amides is 2. The standard InChI is InChI=1S/C15H31N3O3.2H2/c1-11(2)9-14(19)18(5)8-7-16-15(20)13(10-21-6)17-12(3)4;;/h11-13,17H,7-10H2,1-6H3,(H,16,20);2*1H/t13-;;/m0../s1. The van der Waals surface area contributed by atoms with E-state index >= 15 is 0 Å². The van der Waals surface area contributed by atoms with Crippen LogP contribution in [0.1, 0.15) is 37.0 Å². The van der Waals surface area contributed by atoms with Gasteiger partial charge >= 0.3 is 0 Å². The summed E-state index contributed by atoms with van der Waals surface area (Å²) in [5.41, 5.74) is 0. The molecule has 0 aliphatic heterocycles. The molecule has 0 rings (SSSR count). The fraction of sp³-hybridized carbons (Fsp3) is 0.867. The van der Waals surface area contributed by atoms with Gasteiger partial charge in [-0.1, -0.05) is 27.7 Å². The maximum atomic E-state index is 12.0. The van der Waals surface area contributed by atoms with E-state index < -0.39 is 0 Å². The number of rotatable bonds is 10. The Morgan fingerprint density at radius 3 is 2.33 bits per heavy atom. The van der Waals surface area contributed by atoms with Crippen LogP contribution in [0.4, 0.5) is 0 Å². The van der Waals surface area contributed by atoms with Crippen LogP contribution in [0.3, 0.4) is 0 Å². The van der Waals surface area contributed by atoms with Crippen molar-refractivity contribution in [1.82, 2.24) is 15.5 Å². The van der Waals surface area contributed by atoms with Crippen LogP contribution in [0.25, 0.3) is 0 Å². The summed E-state index contributed by atoms with van der Waals surface area (Å²) < 4.78 is 5.05. The molecule has 0 saturated heterocycles. The molecule has 6 heteroatoms. The first-order valence-electron chi connectivity index (χ1n) is 7.54. The van der Waals surface area contributed by atoms with E-state index in [0.29, 0.717) is 32.0 Å². The van der Waals surface area contributed by atoms with Crippen LogP contribution in [-0.2, 0) is 14.3 Å². The Hall–Kier alpha value is -1.14. The Labute approximate surface area is 131 Å². The predicted octanol–water partition coefficient (Wildman–Crippen LogP) is 1.11.